The van der Waals surface area contributed by atoms with E-state index in [0.717, 1.165) is 25.7 Å². The Kier molecular flexibility index (Phi) is 6.83. The van der Waals surface area contributed by atoms with Gasteiger partial charge in [-0.2, -0.15) is 10.4 Å². The Morgan fingerprint density at radius 1 is 1.40 bits per heavy atom. The summed E-state index contributed by atoms with van der Waals surface area (Å²) in [5, 5.41) is 19.3. The Balaban J connectivity index is 1.84. The van der Waals surface area contributed by atoms with E-state index in [-0.39, 0.29) is 34.6 Å². The number of carbonyl (C=O) groups is 1. The van der Waals surface area contributed by atoms with Crippen LogP contribution < -0.4 is 10.1 Å². The molecule has 2 rings (SSSR count). The average Bonchev–Trinajstić information content (AvgIpc) is 2.61. The van der Waals surface area contributed by atoms with Gasteiger partial charge < -0.3 is 10.1 Å². The third-order valence-electron chi connectivity index (χ3n) is 3.84. The first-order chi connectivity index (χ1) is 12.1. The number of nitrogens with one attached hydrogen (secondary N) is 1. The van der Waals surface area contributed by atoms with E-state index in [1.54, 1.807) is 6.07 Å². The van der Waals surface area contributed by atoms with Crippen LogP contribution in [0.2, 0.25) is 5.02 Å². The molecule has 1 aromatic heterocycles. The minimum atomic E-state index is -0.319. The van der Waals surface area contributed by atoms with Crippen molar-refractivity contribution in [3.05, 3.63) is 23.0 Å². The minimum Gasteiger partial charge on any atom is -0.489 e. The molecule has 1 amide bonds. The first kappa shape index (κ1) is 18.8. The molecule has 1 saturated carbocycles. The molecule has 1 aliphatic carbocycles. The molecule has 8 nitrogen and oxygen atoms in total. The predicted octanol–water partition coefficient (Wildman–Crippen LogP) is 2.52. The van der Waals surface area contributed by atoms with E-state index in [4.69, 9.17) is 21.6 Å². The largest absolute Gasteiger partial charge is 0.489 e. The summed E-state index contributed by atoms with van der Waals surface area (Å²) in [6, 6.07) is 3.56. The Morgan fingerprint density at radius 3 is 2.68 bits per heavy atom. The average molecular weight is 363 g/mol. The van der Waals surface area contributed by atoms with E-state index in [0.29, 0.717) is 5.75 Å². The van der Waals surface area contributed by atoms with Gasteiger partial charge >= 0.3 is 0 Å². The van der Waals surface area contributed by atoms with Gasteiger partial charge in [0.1, 0.15) is 11.8 Å². The van der Waals surface area contributed by atoms with Crippen LogP contribution in [0.3, 0.4) is 0 Å². The van der Waals surface area contributed by atoms with Gasteiger partial charge in [0.15, 0.2) is 5.69 Å². The monoisotopic (exact) mass is 362 g/mol. The zero-order chi connectivity index (χ0) is 18.2. The Labute approximate surface area is 151 Å². The van der Waals surface area contributed by atoms with Crippen molar-refractivity contribution in [2.24, 2.45) is 15.2 Å². The normalized spacial score (nSPS) is 21.0. The molecule has 1 heterocycles. The fraction of sp³-hybridized carbons (Fsp3) is 0.500. The van der Waals surface area contributed by atoms with E-state index in [2.05, 4.69) is 25.5 Å². The number of carbonyl (C=O) groups excluding carboxylic acids is 1. The van der Waals surface area contributed by atoms with Crippen molar-refractivity contribution >= 4 is 23.3 Å². The van der Waals surface area contributed by atoms with E-state index < -0.39 is 0 Å². The number of amides is 1. The zero-order valence-corrected chi connectivity index (χ0v) is 14.8. The van der Waals surface area contributed by atoms with Crippen molar-refractivity contribution in [3.8, 4) is 11.8 Å². The van der Waals surface area contributed by atoms with Crippen LogP contribution in [0.15, 0.2) is 27.5 Å². The third kappa shape index (κ3) is 5.22. The fourth-order valence-corrected chi connectivity index (χ4v) is 2.82. The second kappa shape index (κ2) is 9.08. The van der Waals surface area contributed by atoms with Crippen molar-refractivity contribution in [1.82, 2.24) is 10.3 Å². The number of halogens is 1. The van der Waals surface area contributed by atoms with Gasteiger partial charge in [-0.3, -0.25) is 9.79 Å². The molecular formula is C16H19ClN6O2. The molecule has 0 saturated heterocycles. The van der Waals surface area contributed by atoms with E-state index in [9.17, 15) is 4.79 Å². The standard InChI is InChI=1S/C16H19ClN6O2/c1-19-15(23-20-2)16(24)22-10-3-5-11(6-4-10)25-12-7-13(17)14(8-18)21-9-12/h7,9-11H,3-6H2,1-2H3,(H,22,24). The highest BCUT2D eigenvalue weighted by Crippen LogP contribution is 2.26. The predicted molar refractivity (Wildman–Crippen MR) is 92.9 cm³/mol. The summed E-state index contributed by atoms with van der Waals surface area (Å²) in [5.41, 5.74) is 0.179. The summed E-state index contributed by atoms with van der Waals surface area (Å²) in [7, 11) is 3.00. The number of aromatic nitrogens is 1. The van der Waals surface area contributed by atoms with Gasteiger partial charge in [-0.15, -0.1) is 5.11 Å². The van der Waals surface area contributed by atoms with Crippen LogP contribution in [0.1, 0.15) is 31.4 Å². The summed E-state index contributed by atoms with van der Waals surface area (Å²) < 4.78 is 5.87. The molecule has 0 aliphatic heterocycles. The van der Waals surface area contributed by atoms with Crippen LogP contribution in [0.5, 0.6) is 5.75 Å². The molecule has 0 aromatic carbocycles. The Morgan fingerprint density at radius 2 is 2.12 bits per heavy atom. The van der Waals surface area contributed by atoms with Crippen LogP contribution in [0.4, 0.5) is 0 Å². The maximum Gasteiger partial charge on any atom is 0.290 e. The number of nitrogens with zero attached hydrogens (tertiary/aromatic N) is 5. The van der Waals surface area contributed by atoms with Crippen molar-refractivity contribution < 1.29 is 9.53 Å². The number of nitriles is 1. The molecule has 1 fully saturated rings. The van der Waals surface area contributed by atoms with Gasteiger partial charge in [0.05, 0.1) is 17.3 Å². The van der Waals surface area contributed by atoms with E-state index >= 15 is 0 Å². The number of rotatable bonds is 3. The molecule has 1 N–H and O–H groups in total. The molecule has 132 valence electrons. The van der Waals surface area contributed by atoms with Crippen LogP contribution in [-0.2, 0) is 4.79 Å². The number of ether oxygens (including phenoxy) is 1. The number of hydrogen-bond acceptors (Lipinski definition) is 6. The molecular weight excluding hydrogens is 344 g/mol. The van der Waals surface area contributed by atoms with Gasteiger partial charge in [-0.05, 0) is 25.7 Å². The molecule has 0 atom stereocenters. The van der Waals surface area contributed by atoms with Gasteiger partial charge in [-0.25, -0.2) is 4.98 Å². The summed E-state index contributed by atoms with van der Waals surface area (Å²) in [6.07, 6.45) is 4.67. The lowest BCUT2D eigenvalue weighted by Crippen LogP contribution is -2.42. The Hall–Kier alpha value is -2.53. The summed E-state index contributed by atoms with van der Waals surface area (Å²) in [5.74, 6) is 0.292. The van der Waals surface area contributed by atoms with Crippen LogP contribution in [-0.4, -0.2) is 43.0 Å². The van der Waals surface area contributed by atoms with Gasteiger partial charge in [-0.1, -0.05) is 11.6 Å². The lowest BCUT2D eigenvalue weighted by atomic mass is 9.93. The molecule has 0 unspecified atom stereocenters. The third-order valence-corrected chi connectivity index (χ3v) is 4.13. The lowest BCUT2D eigenvalue weighted by molar-refractivity contribution is -0.115. The molecule has 0 radical (unpaired) electrons. The smallest absolute Gasteiger partial charge is 0.290 e. The molecule has 9 heteroatoms. The van der Waals surface area contributed by atoms with Gasteiger partial charge in [0, 0.05) is 26.2 Å². The highest BCUT2D eigenvalue weighted by Gasteiger charge is 2.25. The maximum atomic E-state index is 12.0. The van der Waals surface area contributed by atoms with Crippen molar-refractivity contribution in [2.45, 2.75) is 37.8 Å². The van der Waals surface area contributed by atoms with Crippen LogP contribution >= 0.6 is 11.6 Å². The summed E-state index contributed by atoms with van der Waals surface area (Å²) in [4.78, 5) is 19.8. The second-order valence-corrected chi connectivity index (χ2v) is 5.93. The summed E-state index contributed by atoms with van der Waals surface area (Å²) >= 11 is 5.96. The van der Waals surface area contributed by atoms with Crippen molar-refractivity contribution in [1.29, 1.82) is 5.26 Å². The molecule has 0 spiro atoms. The highest BCUT2D eigenvalue weighted by molar-refractivity contribution is 6.38. The molecule has 25 heavy (non-hydrogen) atoms. The van der Waals surface area contributed by atoms with Gasteiger partial charge in [0.25, 0.3) is 5.91 Å². The summed E-state index contributed by atoms with van der Waals surface area (Å²) in [6.45, 7) is 0. The lowest BCUT2D eigenvalue weighted by Gasteiger charge is -2.29. The quantitative estimate of drug-likeness (QED) is 0.505. The zero-order valence-electron chi connectivity index (χ0n) is 14.1. The van der Waals surface area contributed by atoms with E-state index in [1.165, 1.54) is 20.3 Å². The number of azo groups is 1. The minimum absolute atomic E-state index is 0.0218. The van der Waals surface area contributed by atoms with Crippen LogP contribution in [0.25, 0.3) is 0 Å². The number of pyridine rings is 1. The SMILES string of the molecule is CN=NC(=NC)C(=O)NC1CCC(Oc2cnc(C#N)c(Cl)c2)CC1. The second-order valence-electron chi connectivity index (χ2n) is 5.53. The van der Waals surface area contributed by atoms with Crippen molar-refractivity contribution in [2.75, 3.05) is 14.1 Å². The Bertz CT molecular complexity index is 720. The van der Waals surface area contributed by atoms with E-state index in [1.807, 2.05) is 6.07 Å². The maximum absolute atomic E-state index is 12.0. The fourth-order valence-electron chi connectivity index (χ4n) is 2.62. The first-order valence-corrected chi connectivity index (χ1v) is 8.25. The van der Waals surface area contributed by atoms with Crippen molar-refractivity contribution in [3.63, 3.8) is 0 Å². The first-order valence-electron chi connectivity index (χ1n) is 7.87. The topological polar surface area (TPSA) is 112 Å². The van der Waals surface area contributed by atoms with Crippen LogP contribution in [0, 0.1) is 11.3 Å². The highest BCUT2D eigenvalue weighted by atomic mass is 35.5. The number of amidine groups is 1. The number of aliphatic imine (C=N–C) groups is 1. The molecule has 0 bridgehead atoms. The number of hydrogen-bond donors (Lipinski definition) is 1. The molecule has 1 aromatic rings. The van der Waals surface area contributed by atoms with Gasteiger partial charge in [0.2, 0.25) is 5.84 Å². The molecule has 1 aliphatic rings.